The number of hydrogen-bond donors (Lipinski definition) is 4. The third-order valence-corrected chi connectivity index (χ3v) is 8.35. The zero-order valence-electron chi connectivity index (χ0n) is 18.3. The van der Waals surface area contributed by atoms with Crippen molar-refractivity contribution in [2.75, 3.05) is 48.8 Å². The molecule has 0 spiro atoms. The van der Waals surface area contributed by atoms with Gasteiger partial charge in [0, 0.05) is 48.7 Å². The summed E-state index contributed by atoms with van der Waals surface area (Å²) >= 11 is 0. The van der Waals surface area contributed by atoms with Crippen molar-refractivity contribution < 1.29 is 13.8 Å². The minimum Gasteiger partial charge on any atom is -0.384 e. The molecule has 1 aromatic heterocycles. The Morgan fingerprint density at radius 1 is 1.19 bits per heavy atom. The van der Waals surface area contributed by atoms with Crippen LogP contribution in [0.25, 0.3) is 10.9 Å². The number of nitrogens with one attached hydrogen (secondary N) is 1. The first-order chi connectivity index (χ1) is 15.4. The average Bonchev–Trinajstić information content (AvgIpc) is 2.89. The molecule has 7 nitrogen and oxygen atoms in total. The Morgan fingerprint density at radius 2 is 2.00 bits per heavy atom. The van der Waals surface area contributed by atoms with Crippen LogP contribution < -0.4 is 16.0 Å². The molecule has 2 aromatic carbocycles. The summed E-state index contributed by atoms with van der Waals surface area (Å²) in [5, 5.41) is 4.65. The normalized spacial score (nSPS) is 20.2. The fraction of sp³-hybridized carbons (Fsp3) is 0.375. The second-order valence-electron chi connectivity index (χ2n) is 9.00. The van der Waals surface area contributed by atoms with E-state index in [2.05, 4.69) is 22.3 Å². The van der Waals surface area contributed by atoms with Crippen LogP contribution >= 0.6 is 10.6 Å². The van der Waals surface area contributed by atoms with E-state index in [1.807, 2.05) is 43.3 Å². The first-order valence-corrected chi connectivity index (χ1v) is 12.6. The maximum atomic E-state index is 10.8. The number of hydrogen-bond acceptors (Lipinski definition) is 7. The van der Waals surface area contributed by atoms with Gasteiger partial charge in [-0.1, -0.05) is 30.3 Å². The third-order valence-electron chi connectivity index (χ3n) is 6.51. The standard InChI is InChI=1S/C24H30N4O3S/c1-17-6-7-18-12-28(8-9-32(29,30)22(18)10-17)23-11-21(19-4-2-3-5-20(19)27-23)26-14-24(13-25)15-31-16-24/h2-7,10-11,29-30H,8-9,12-16,25H2,1H3,(H,26,27). The van der Waals surface area contributed by atoms with Crippen LogP contribution in [0.1, 0.15) is 11.1 Å². The predicted molar refractivity (Wildman–Crippen MR) is 131 cm³/mol. The number of rotatable bonds is 5. The van der Waals surface area contributed by atoms with Crippen LogP contribution in [0.4, 0.5) is 11.5 Å². The van der Waals surface area contributed by atoms with Crippen LogP contribution in [-0.2, 0) is 11.3 Å². The van der Waals surface area contributed by atoms with Gasteiger partial charge in [-0.25, -0.2) is 4.98 Å². The van der Waals surface area contributed by atoms with E-state index in [9.17, 15) is 9.11 Å². The van der Waals surface area contributed by atoms with Crippen molar-refractivity contribution in [3.05, 3.63) is 59.7 Å². The number of fused-ring (bicyclic) bond motifs is 2. The number of aromatic nitrogens is 1. The van der Waals surface area contributed by atoms with E-state index >= 15 is 0 Å². The van der Waals surface area contributed by atoms with Gasteiger partial charge in [0.05, 0.1) is 29.4 Å². The summed E-state index contributed by atoms with van der Waals surface area (Å²) in [5.41, 5.74) is 9.85. The SMILES string of the molecule is Cc1ccc2c(c1)S(O)(O)CCN(c1cc(NCC3(CN)COC3)c3ccccc3n1)C2. The van der Waals surface area contributed by atoms with Crippen molar-refractivity contribution >= 4 is 33.0 Å². The molecular weight excluding hydrogens is 424 g/mol. The molecule has 170 valence electrons. The Bertz CT molecular complexity index is 1140. The first-order valence-electron chi connectivity index (χ1n) is 10.9. The number of aryl methyl sites for hydroxylation is 1. The molecule has 0 saturated carbocycles. The quantitative estimate of drug-likeness (QED) is 0.461. The molecule has 1 saturated heterocycles. The molecule has 8 heteroatoms. The van der Waals surface area contributed by atoms with Crippen LogP contribution in [0.3, 0.4) is 0 Å². The summed E-state index contributed by atoms with van der Waals surface area (Å²) in [6, 6.07) is 16.1. The number of nitrogens with two attached hydrogens (primary N) is 1. The van der Waals surface area contributed by atoms with Gasteiger partial charge in [0.15, 0.2) is 0 Å². The Kier molecular flexibility index (Phi) is 5.51. The fourth-order valence-corrected chi connectivity index (χ4v) is 5.98. The van der Waals surface area contributed by atoms with Crippen molar-refractivity contribution in [2.45, 2.75) is 18.4 Å². The number of pyridine rings is 1. The Labute approximate surface area is 189 Å². The molecule has 0 radical (unpaired) electrons. The lowest BCUT2D eigenvalue weighted by molar-refractivity contribution is -0.0979. The minimum atomic E-state index is -2.84. The van der Waals surface area contributed by atoms with Crippen LogP contribution in [0.15, 0.2) is 53.4 Å². The summed E-state index contributed by atoms with van der Waals surface area (Å²) in [6.45, 7) is 5.73. The third kappa shape index (κ3) is 3.93. The number of anilines is 2. The highest BCUT2D eigenvalue weighted by atomic mass is 32.3. The smallest absolute Gasteiger partial charge is 0.131 e. The fourth-order valence-electron chi connectivity index (χ4n) is 4.36. The number of para-hydroxylation sites is 1. The van der Waals surface area contributed by atoms with E-state index in [-0.39, 0.29) is 11.2 Å². The van der Waals surface area contributed by atoms with E-state index in [0.717, 1.165) is 40.1 Å². The number of nitrogens with zero attached hydrogens (tertiary/aromatic N) is 2. The molecule has 2 aliphatic rings. The van der Waals surface area contributed by atoms with Gasteiger partial charge in [0.1, 0.15) is 5.82 Å². The van der Waals surface area contributed by atoms with Crippen molar-refractivity contribution in [3.8, 4) is 0 Å². The largest absolute Gasteiger partial charge is 0.384 e. The Hall–Kier alpha value is -2.36. The Balaban J connectivity index is 1.50. The van der Waals surface area contributed by atoms with Crippen molar-refractivity contribution in [3.63, 3.8) is 0 Å². The molecular formula is C24H30N4O3S. The van der Waals surface area contributed by atoms with Gasteiger partial charge in [-0.2, -0.15) is 10.6 Å². The van der Waals surface area contributed by atoms with Gasteiger partial charge in [-0.15, -0.1) is 0 Å². The van der Waals surface area contributed by atoms with Gasteiger partial charge in [0.2, 0.25) is 0 Å². The maximum absolute atomic E-state index is 10.8. The zero-order chi connectivity index (χ0) is 22.3. The molecule has 0 aliphatic carbocycles. The zero-order valence-corrected chi connectivity index (χ0v) is 19.1. The average molecular weight is 455 g/mol. The van der Waals surface area contributed by atoms with Gasteiger partial charge in [-0.05, 0) is 30.2 Å². The summed E-state index contributed by atoms with van der Waals surface area (Å²) in [4.78, 5) is 7.72. The molecule has 5 rings (SSSR count). The van der Waals surface area contributed by atoms with Crippen LogP contribution in [0.2, 0.25) is 0 Å². The van der Waals surface area contributed by atoms with Crippen molar-refractivity contribution in [1.82, 2.24) is 4.98 Å². The molecule has 32 heavy (non-hydrogen) atoms. The highest BCUT2D eigenvalue weighted by molar-refractivity contribution is 8.24. The highest BCUT2D eigenvalue weighted by Crippen LogP contribution is 2.51. The molecule has 0 unspecified atom stereocenters. The number of benzene rings is 2. The molecule has 3 aromatic rings. The second kappa shape index (κ2) is 8.20. The second-order valence-corrected chi connectivity index (χ2v) is 11.2. The minimum absolute atomic E-state index is 0.0271. The summed E-state index contributed by atoms with van der Waals surface area (Å²) < 4.78 is 27.0. The molecule has 1 fully saturated rings. The lowest BCUT2D eigenvalue weighted by atomic mass is 9.86. The summed E-state index contributed by atoms with van der Waals surface area (Å²) in [5.74, 6) is 1.11. The monoisotopic (exact) mass is 454 g/mol. The van der Waals surface area contributed by atoms with Crippen molar-refractivity contribution in [2.24, 2.45) is 11.1 Å². The molecule has 0 atom stereocenters. The van der Waals surface area contributed by atoms with E-state index in [1.54, 1.807) is 0 Å². The summed E-state index contributed by atoms with van der Waals surface area (Å²) in [6.07, 6.45) is 0. The lowest BCUT2D eigenvalue weighted by Crippen LogP contribution is -2.52. The van der Waals surface area contributed by atoms with E-state index in [0.29, 0.717) is 37.7 Å². The van der Waals surface area contributed by atoms with Gasteiger partial charge in [-0.3, -0.25) is 9.11 Å². The molecule has 3 heterocycles. The molecule has 0 bridgehead atoms. The van der Waals surface area contributed by atoms with E-state index in [1.165, 1.54) is 0 Å². The van der Waals surface area contributed by atoms with Crippen molar-refractivity contribution in [1.29, 1.82) is 0 Å². The van der Waals surface area contributed by atoms with E-state index < -0.39 is 10.6 Å². The maximum Gasteiger partial charge on any atom is 0.131 e. The summed E-state index contributed by atoms with van der Waals surface area (Å²) in [7, 11) is -2.84. The lowest BCUT2D eigenvalue weighted by Gasteiger charge is -2.40. The molecule has 0 amide bonds. The topological polar surface area (TPSA) is 104 Å². The Morgan fingerprint density at radius 3 is 2.75 bits per heavy atom. The predicted octanol–water partition coefficient (Wildman–Crippen LogP) is 4.06. The van der Waals surface area contributed by atoms with Gasteiger partial charge < -0.3 is 20.7 Å². The van der Waals surface area contributed by atoms with Crippen LogP contribution in [-0.4, -0.2) is 52.7 Å². The van der Waals surface area contributed by atoms with Gasteiger partial charge >= 0.3 is 0 Å². The van der Waals surface area contributed by atoms with E-state index in [4.69, 9.17) is 15.5 Å². The first kappa shape index (κ1) is 21.5. The van der Waals surface area contributed by atoms with Crippen LogP contribution in [0, 0.1) is 12.3 Å². The van der Waals surface area contributed by atoms with Gasteiger partial charge in [0.25, 0.3) is 0 Å². The highest BCUT2D eigenvalue weighted by Gasteiger charge is 2.37. The number of ether oxygens (including phenoxy) is 1. The molecule has 2 aliphatic heterocycles. The molecule has 5 N–H and O–H groups in total. The van der Waals surface area contributed by atoms with Crippen LogP contribution in [0.5, 0.6) is 0 Å².